The Morgan fingerprint density at radius 2 is 1.91 bits per heavy atom. The summed E-state index contributed by atoms with van der Waals surface area (Å²) >= 11 is 5.93. The highest BCUT2D eigenvalue weighted by atomic mass is 35.5. The van der Waals surface area contributed by atoms with Gasteiger partial charge in [-0.1, -0.05) is 48.9 Å². The van der Waals surface area contributed by atoms with Crippen LogP contribution in [0.3, 0.4) is 0 Å². The zero-order chi connectivity index (χ0) is 24.8. The van der Waals surface area contributed by atoms with Crippen molar-refractivity contribution >= 4 is 28.5 Å². The number of halogens is 1. The van der Waals surface area contributed by atoms with Crippen LogP contribution >= 0.6 is 11.6 Å². The van der Waals surface area contributed by atoms with E-state index in [1.54, 1.807) is 39.9 Å². The molecule has 0 bridgehead atoms. The van der Waals surface area contributed by atoms with Crippen molar-refractivity contribution in [3.05, 3.63) is 99.4 Å². The number of carbonyl (C=O) groups excluding carboxylic acids is 1. The minimum atomic E-state index is -0.464. The average Bonchev–Trinajstić information content (AvgIpc) is 2.89. The van der Waals surface area contributed by atoms with Gasteiger partial charge in [-0.05, 0) is 43.3 Å². The summed E-state index contributed by atoms with van der Waals surface area (Å²) in [5, 5.41) is 3.86. The molecular weight excluding hydrogens is 464 g/mol. The van der Waals surface area contributed by atoms with E-state index in [1.165, 1.54) is 6.20 Å². The van der Waals surface area contributed by atoms with Gasteiger partial charge in [0.25, 0.3) is 11.5 Å². The third-order valence-corrected chi connectivity index (χ3v) is 6.07. The summed E-state index contributed by atoms with van der Waals surface area (Å²) in [7, 11) is 1.83. The second kappa shape index (κ2) is 11.2. The summed E-state index contributed by atoms with van der Waals surface area (Å²) in [6, 6.07) is 16.0. The number of likely N-dealkylation sites (N-methyl/N-ethyl adjacent to an activating group) is 1. The van der Waals surface area contributed by atoms with Crippen molar-refractivity contribution in [2.75, 3.05) is 20.1 Å². The molecule has 1 unspecified atom stereocenters. The SMILES string of the molecule is CCC(c1nc2ncccc2c(=O)n1Cc1ccccc1)N(CCNC)C(=O)c1ccc(Cl)nc1. The molecule has 1 N–H and O–H groups in total. The van der Waals surface area contributed by atoms with Gasteiger partial charge in [-0.25, -0.2) is 15.0 Å². The van der Waals surface area contributed by atoms with E-state index < -0.39 is 6.04 Å². The molecule has 8 nitrogen and oxygen atoms in total. The summed E-state index contributed by atoms with van der Waals surface area (Å²) < 4.78 is 1.66. The summed E-state index contributed by atoms with van der Waals surface area (Å²) in [4.78, 5) is 42.2. The Kier molecular flexibility index (Phi) is 7.84. The zero-order valence-corrected chi connectivity index (χ0v) is 20.4. The molecule has 0 aliphatic carbocycles. The van der Waals surface area contributed by atoms with Gasteiger partial charge in [-0.15, -0.1) is 0 Å². The van der Waals surface area contributed by atoms with E-state index >= 15 is 0 Å². The summed E-state index contributed by atoms with van der Waals surface area (Å²) in [5.74, 6) is 0.289. The molecule has 0 radical (unpaired) electrons. The highest BCUT2D eigenvalue weighted by Gasteiger charge is 2.29. The monoisotopic (exact) mass is 490 g/mol. The summed E-state index contributed by atoms with van der Waals surface area (Å²) in [5.41, 5.74) is 1.56. The van der Waals surface area contributed by atoms with E-state index in [9.17, 15) is 9.59 Å². The van der Waals surface area contributed by atoms with Crippen LogP contribution in [0.5, 0.6) is 0 Å². The van der Waals surface area contributed by atoms with Crippen LogP contribution in [0.1, 0.15) is 41.1 Å². The number of carbonyl (C=O) groups is 1. The maximum Gasteiger partial charge on any atom is 0.263 e. The lowest BCUT2D eigenvalue weighted by Crippen LogP contribution is -2.42. The lowest BCUT2D eigenvalue weighted by molar-refractivity contribution is 0.0660. The lowest BCUT2D eigenvalue weighted by atomic mass is 10.1. The standard InChI is InChI=1S/C26H27ClN6O2/c1-3-21(32(15-14-28-2)25(34)19-11-12-22(27)30-16-19)24-31-23-20(10-7-13-29-23)26(35)33(24)17-18-8-5-4-6-9-18/h4-13,16,21,28H,3,14-15,17H2,1-2H3. The molecule has 1 aromatic carbocycles. The Morgan fingerprint density at radius 1 is 1.11 bits per heavy atom. The number of nitrogens with zero attached hydrogens (tertiary/aromatic N) is 5. The van der Waals surface area contributed by atoms with E-state index in [0.29, 0.717) is 53.6 Å². The van der Waals surface area contributed by atoms with Crippen LogP contribution < -0.4 is 10.9 Å². The molecule has 0 spiro atoms. The molecule has 4 rings (SSSR count). The molecule has 3 heterocycles. The van der Waals surface area contributed by atoms with Gasteiger partial charge in [0.15, 0.2) is 5.65 Å². The van der Waals surface area contributed by atoms with Crippen molar-refractivity contribution in [2.24, 2.45) is 0 Å². The first-order valence-electron chi connectivity index (χ1n) is 11.5. The van der Waals surface area contributed by atoms with Crippen molar-refractivity contribution in [2.45, 2.75) is 25.9 Å². The van der Waals surface area contributed by atoms with Gasteiger partial charge >= 0.3 is 0 Å². The van der Waals surface area contributed by atoms with Crippen molar-refractivity contribution in [1.82, 2.24) is 29.7 Å². The fraction of sp³-hybridized carbons (Fsp3) is 0.269. The molecule has 180 valence electrons. The maximum absolute atomic E-state index is 13.6. The van der Waals surface area contributed by atoms with Gasteiger partial charge in [0, 0.05) is 25.5 Å². The van der Waals surface area contributed by atoms with Crippen LogP contribution in [0.15, 0.2) is 71.8 Å². The van der Waals surface area contributed by atoms with Crippen LogP contribution in [0.4, 0.5) is 0 Å². The first kappa shape index (κ1) is 24.5. The van der Waals surface area contributed by atoms with Gasteiger partial charge in [0.05, 0.1) is 23.5 Å². The molecule has 0 fully saturated rings. The molecule has 35 heavy (non-hydrogen) atoms. The fourth-order valence-electron chi connectivity index (χ4n) is 4.09. The van der Waals surface area contributed by atoms with Gasteiger partial charge in [0.2, 0.25) is 0 Å². The van der Waals surface area contributed by atoms with Crippen molar-refractivity contribution in [1.29, 1.82) is 0 Å². The summed E-state index contributed by atoms with van der Waals surface area (Å²) in [6.07, 6.45) is 3.64. The molecule has 3 aromatic heterocycles. The second-order valence-electron chi connectivity index (χ2n) is 8.12. The van der Waals surface area contributed by atoms with E-state index in [1.807, 2.05) is 44.3 Å². The number of amides is 1. The van der Waals surface area contributed by atoms with Gasteiger partial charge in [-0.2, -0.15) is 0 Å². The van der Waals surface area contributed by atoms with Gasteiger partial charge in [0.1, 0.15) is 11.0 Å². The second-order valence-corrected chi connectivity index (χ2v) is 8.50. The Bertz CT molecular complexity index is 1360. The smallest absolute Gasteiger partial charge is 0.263 e. The highest BCUT2D eigenvalue weighted by Crippen LogP contribution is 2.26. The Labute approximate surface area is 208 Å². The number of aromatic nitrogens is 4. The Balaban J connectivity index is 1.86. The molecule has 0 aliphatic rings. The number of hydrogen-bond donors (Lipinski definition) is 1. The molecular formula is C26H27ClN6O2. The van der Waals surface area contributed by atoms with Crippen molar-refractivity contribution < 1.29 is 4.79 Å². The quantitative estimate of drug-likeness (QED) is 0.360. The lowest BCUT2D eigenvalue weighted by Gasteiger charge is -2.32. The number of nitrogens with one attached hydrogen (secondary N) is 1. The van der Waals surface area contributed by atoms with Crippen LogP contribution in [0.25, 0.3) is 11.0 Å². The topological polar surface area (TPSA) is 93.0 Å². The average molecular weight is 491 g/mol. The number of benzene rings is 1. The van der Waals surface area contributed by atoms with Gasteiger partial charge < -0.3 is 10.2 Å². The van der Waals surface area contributed by atoms with Crippen LogP contribution in [0.2, 0.25) is 5.15 Å². The fourth-order valence-corrected chi connectivity index (χ4v) is 4.20. The molecule has 0 saturated carbocycles. The third-order valence-electron chi connectivity index (χ3n) is 5.84. The minimum Gasteiger partial charge on any atom is -0.327 e. The largest absolute Gasteiger partial charge is 0.327 e. The van der Waals surface area contributed by atoms with Crippen molar-refractivity contribution in [3.8, 4) is 0 Å². The normalized spacial score (nSPS) is 12.0. The van der Waals surface area contributed by atoms with Gasteiger partial charge in [-0.3, -0.25) is 14.2 Å². The Morgan fingerprint density at radius 3 is 2.60 bits per heavy atom. The molecule has 1 atom stereocenters. The van der Waals surface area contributed by atoms with Crippen molar-refractivity contribution in [3.63, 3.8) is 0 Å². The van der Waals surface area contributed by atoms with E-state index in [2.05, 4.69) is 15.3 Å². The molecule has 0 aliphatic heterocycles. The number of rotatable bonds is 9. The first-order chi connectivity index (χ1) is 17.0. The summed E-state index contributed by atoms with van der Waals surface area (Å²) in [6.45, 7) is 3.29. The number of fused-ring (bicyclic) bond motifs is 1. The Hall–Kier alpha value is -3.62. The van der Waals surface area contributed by atoms with E-state index in [-0.39, 0.29) is 11.5 Å². The third kappa shape index (κ3) is 5.39. The molecule has 1 amide bonds. The van der Waals surface area contributed by atoms with Crippen LogP contribution in [0, 0.1) is 0 Å². The number of pyridine rings is 2. The van der Waals surface area contributed by atoms with Crippen LogP contribution in [-0.4, -0.2) is 50.5 Å². The van der Waals surface area contributed by atoms with E-state index in [4.69, 9.17) is 16.6 Å². The van der Waals surface area contributed by atoms with E-state index in [0.717, 1.165) is 5.56 Å². The number of hydrogen-bond acceptors (Lipinski definition) is 6. The van der Waals surface area contributed by atoms with Crippen LogP contribution in [-0.2, 0) is 6.54 Å². The highest BCUT2D eigenvalue weighted by molar-refractivity contribution is 6.29. The maximum atomic E-state index is 13.6. The predicted molar refractivity (Wildman–Crippen MR) is 137 cm³/mol. The molecule has 9 heteroatoms. The predicted octanol–water partition coefficient (Wildman–Crippen LogP) is 3.70. The minimum absolute atomic E-state index is 0.186. The zero-order valence-electron chi connectivity index (χ0n) is 19.7. The molecule has 4 aromatic rings. The first-order valence-corrected chi connectivity index (χ1v) is 11.9. The molecule has 0 saturated heterocycles.